The van der Waals surface area contributed by atoms with Crippen molar-refractivity contribution in [2.45, 2.75) is 6.54 Å². The van der Waals surface area contributed by atoms with Gasteiger partial charge in [0.1, 0.15) is 17.1 Å². The van der Waals surface area contributed by atoms with Gasteiger partial charge in [0.25, 0.3) is 10.9 Å². The highest BCUT2D eigenvalue weighted by atomic mass is 35.5. The smallest absolute Gasteiger partial charge is 0.253 e. The van der Waals surface area contributed by atoms with Crippen LogP contribution in [0.3, 0.4) is 0 Å². The zero-order valence-corrected chi connectivity index (χ0v) is 16.9. The first-order valence-electron chi connectivity index (χ1n) is 9.52. The molecule has 6 nitrogen and oxygen atoms in total. The molecule has 1 fully saturated rings. The van der Waals surface area contributed by atoms with E-state index in [0.29, 0.717) is 36.0 Å². The molecule has 29 heavy (non-hydrogen) atoms. The number of rotatable bonds is 6. The Bertz CT molecular complexity index is 1050. The first-order chi connectivity index (χ1) is 14.1. The number of anilines is 3. The molecule has 0 amide bonds. The summed E-state index contributed by atoms with van der Waals surface area (Å²) >= 11 is 5.91. The van der Waals surface area contributed by atoms with Crippen LogP contribution < -0.4 is 30.7 Å². The number of nitrogens with zero attached hydrogens (tertiary/aromatic N) is 2. The molecule has 0 spiro atoms. The summed E-state index contributed by atoms with van der Waals surface area (Å²) in [5.41, 5.74) is 2.21. The van der Waals surface area contributed by atoms with E-state index in [1.165, 1.54) is 0 Å². The summed E-state index contributed by atoms with van der Waals surface area (Å²) in [6.45, 7) is 3.41. The summed E-state index contributed by atoms with van der Waals surface area (Å²) < 4.78 is 5.21. The second kappa shape index (κ2) is 8.17. The molecule has 1 saturated heterocycles. The Balaban J connectivity index is 1.40. The zero-order valence-electron chi connectivity index (χ0n) is 16.2. The van der Waals surface area contributed by atoms with Crippen molar-refractivity contribution in [1.82, 2.24) is 0 Å². The van der Waals surface area contributed by atoms with Crippen molar-refractivity contribution in [3.8, 4) is 5.75 Å². The van der Waals surface area contributed by atoms with Crippen molar-refractivity contribution in [3.63, 3.8) is 0 Å². The minimum absolute atomic E-state index is 0.401. The van der Waals surface area contributed by atoms with Gasteiger partial charge in [-0.1, -0.05) is 23.7 Å². The molecular weight excluding hydrogens is 390 g/mol. The van der Waals surface area contributed by atoms with Crippen LogP contribution in [0.1, 0.15) is 5.56 Å². The van der Waals surface area contributed by atoms with Crippen LogP contribution in [0.15, 0.2) is 58.1 Å². The maximum Gasteiger partial charge on any atom is 0.253 e. The maximum atomic E-state index is 12.2. The first kappa shape index (κ1) is 19.3. The van der Waals surface area contributed by atoms with Crippen molar-refractivity contribution in [3.05, 3.63) is 79.6 Å². The van der Waals surface area contributed by atoms with Gasteiger partial charge in [-0.25, -0.2) is 0 Å². The number of hydrogen-bond acceptors (Lipinski definition) is 6. The van der Waals surface area contributed by atoms with Crippen LogP contribution in [0, 0.1) is 0 Å². The fourth-order valence-electron chi connectivity index (χ4n) is 3.62. The molecule has 0 saturated carbocycles. The number of piperazine rings is 1. The molecule has 1 N–H and O–H groups in total. The molecule has 0 bridgehead atoms. The third-order valence-electron chi connectivity index (χ3n) is 5.30. The fraction of sp³-hybridized carbons (Fsp3) is 0.273. The number of benzene rings is 2. The molecule has 0 aliphatic carbocycles. The molecule has 3 aromatic rings. The van der Waals surface area contributed by atoms with Gasteiger partial charge in [0.2, 0.25) is 0 Å². The van der Waals surface area contributed by atoms with Crippen molar-refractivity contribution in [2.24, 2.45) is 0 Å². The Labute approximate surface area is 174 Å². The second-order valence-corrected chi connectivity index (χ2v) is 7.47. The molecule has 0 unspecified atom stereocenters. The van der Waals surface area contributed by atoms with Gasteiger partial charge >= 0.3 is 0 Å². The van der Waals surface area contributed by atoms with Gasteiger partial charge in [0.05, 0.1) is 7.11 Å². The molecule has 150 valence electrons. The Morgan fingerprint density at radius 1 is 0.897 bits per heavy atom. The van der Waals surface area contributed by atoms with Crippen LogP contribution in [-0.4, -0.2) is 33.3 Å². The van der Waals surface area contributed by atoms with Gasteiger partial charge in [-0.05, 0) is 42.0 Å². The van der Waals surface area contributed by atoms with Gasteiger partial charge in [0.15, 0.2) is 0 Å². The standard InChI is InChI=1S/C22H22ClN3O3/c1-29-18-8-6-17(7-9-18)25-10-12-26(13-11-25)20-19(21(27)22(20)28)24-14-15-2-4-16(23)5-3-15/h2-9,24H,10-14H2,1H3. The van der Waals surface area contributed by atoms with E-state index in [0.717, 1.165) is 30.1 Å². The molecule has 0 aromatic heterocycles. The third kappa shape index (κ3) is 3.93. The molecule has 7 heteroatoms. The largest absolute Gasteiger partial charge is 0.497 e. The Kier molecular flexibility index (Phi) is 5.45. The molecule has 0 radical (unpaired) electrons. The van der Waals surface area contributed by atoms with Gasteiger partial charge in [-0.2, -0.15) is 0 Å². The normalized spacial score (nSPS) is 14.3. The molecule has 0 atom stereocenters. The zero-order chi connectivity index (χ0) is 20.4. The summed E-state index contributed by atoms with van der Waals surface area (Å²) in [6, 6.07) is 15.4. The number of nitrogens with one attached hydrogen (secondary N) is 1. The molecule has 1 heterocycles. The van der Waals surface area contributed by atoms with E-state index >= 15 is 0 Å². The van der Waals surface area contributed by atoms with Crippen LogP contribution in [0.2, 0.25) is 5.02 Å². The summed E-state index contributed by atoms with van der Waals surface area (Å²) in [5.74, 6) is 0.826. The minimum atomic E-state index is -0.438. The molecule has 3 aromatic carbocycles. The lowest BCUT2D eigenvalue weighted by molar-refractivity contribution is 0.415. The highest BCUT2D eigenvalue weighted by molar-refractivity contribution is 6.30. The number of halogens is 1. The Morgan fingerprint density at radius 3 is 2.14 bits per heavy atom. The van der Waals surface area contributed by atoms with E-state index < -0.39 is 10.9 Å². The first-order valence-corrected chi connectivity index (χ1v) is 9.90. The number of hydrogen-bond donors (Lipinski definition) is 1. The van der Waals surface area contributed by atoms with E-state index in [9.17, 15) is 9.59 Å². The molecule has 4 rings (SSSR count). The predicted octanol–water partition coefficient (Wildman–Crippen LogP) is 2.88. The highest BCUT2D eigenvalue weighted by Gasteiger charge is 2.28. The van der Waals surface area contributed by atoms with Crippen LogP contribution in [0.5, 0.6) is 5.75 Å². The van der Waals surface area contributed by atoms with Crippen molar-refractivity contribution in [1.29, 1.82) is 0 Å². The Hall–Kier alpha value is -2.99. The highest BCUT2D eigenvalue weighted by Crippen LogP contribution is 2.25. The monoisotopic (exact) mass is 411 g/mol. The molecule has 1 aliphatic heterocycles. The lowest BCUT2D eigenvalue weighted by atomic mass is 10.1. The quantitative estimate of drug-likeness (QED) is 0.629. The second-order valence-electron chi connectivity index (χ2n) is 7.03. The van der Waals surface area contributed by atoms with E-state index in [1.54, 1.807) is 19.2 Å². The van der Waals surface area contributed by atoms with E-state index in [1.807, 2.05) is 41.3 Å². The molecule has 1 aliphatic rings. The van der Waals surface area contributed by atoms with Gasteiger partial charge < -0.3 is 19.9 Å². The van der Waals surface area contributed by atoms with Crippen LogP contribution >= 0.6 is 11.6 Å². The minimum Gasteiger partial charge on any atom is -0.497 e. The van der Waals surface area contributed by atoms with Crippen LogP contribution in [0.25, 0.3) is 0 Å². The third-order valence-corrected chi connectivity index (χ3v) is 5.55. The predicted molar refractivity (Wildman–Crippen MR) is 118 cm³/mol. The Morgan fingerprint density at radius 2 is 1.52 bits per heavy atom. The van der Waals surface area contributed by atoms with Crippen LogP contribution in [-0.2, 0) is 6.54 Å². The maximum absolute atomic E-state index is 12.2. The fourth-order valence-corrected chi connectivity index (χ4v) is 3.75. The SMILES string of the molecule is COc1ccc(N2CCN(c3c(NCc4ccc(Cl)cc4)c(=O)c3=O)CC2)cc1. The number of ether oxygens (including phenoxy) is 1. The van der Waals surface area contributed by atoms with Gasteiger partial charge in [-0.3, -0.25) is 9.59 Å². The van der Waals surface area contributed by atoms with Crippen molar-refractivity contribution < 1.29 is 4.74 Å². The lowest BCUT2D eigenvalue weighted by Crippen LogP contribution is -2.51. The summed E-state index contributed by atoms with van der Waals surface area (Å²) in [4.78, 5) is 28.6. The molecular formula is C22H22ClN3O3. The average Bonchev–Trinajstić information content (AvgIpc) is 2.77. The van der Waals surface area contributed by atoms with E-state index in [2.05, 4.69) is 10.2 Å². The summed E-state index contributed by atoms with van der Waals surface area (Å²) in [5, 5.41) is 3.80. The lowest BCUT2D eigenvalue weighted by Gasteiger charge is -2.38. The van der Waals surface area contributed by atoms with Crippen LogP contribution in [0.4, 0.5) is 17.1 Å². The number of methoxy groups -OCH3 is 1. The van der Waals surface area contributed by atoms with E-state index in [-0.39, 0.29) is 0 Å². The summed E-state index contributed by atoms with van der Waals surface area (Å²) in [7, 11) is 1.65. The van der Waals surface area contributed by atoms with Crippen molar-refractivity contribution >= 4 is 28.7 Å². The summed E-state index contributed by atoms with van der Waals surface area (Å²) in [6.07, 6.45) is 0. The van der Waals surface area contributed by atoms with Gasteiger partial charge in [0, 0.05) is 43.4 Å². The topological polar surface area (TPSA) is 61.9 Å². The van der Waals surface area contributed by atoms with E-state index in [4.69, 9.17) is 16.3 Å². The van der Waals surface area contributed by atoms with Crippen molar-refractivity contribution in [2.75, 3.05) is 48.4 Å². The average molecular weight is 412 g/mol. The van der Waals surface area contributed by atoms with Gasteiger partial charge in [-0.15, -0.1) is 0 Å².